The van der Waals surface area contributed by atoms with E-state index < -0.39 is 5.97 Å². The Balaban J connectivity index is 1.97. The summed E-state index contributed by atoms with van der Waals surface area (Å²) in [5.41, 5.74) is 1.38. The molecule has 120 valence electrons. The Morgan fingerprint density at radius 2 is 2.00 bits per heavy atom. The van der Waals surface area contributed by atoms with Crippen LogP contribution in [0.15, 0.2) is 24.3 Å². The Kier molecular flexibility index (Phi) is 5.55. The minimum atomic E-state index is -0.919. The lowest BCUT2D eigenvalue weighted by Crippen LogP contribution is -2.41. The van der Waals surface area contributed by atoms with Crippen molar-refractivity contribution in [3.05, 3.63) is 35.4 Å². The van der Waals surface area contributed by atoms with Gasteiger partial charge in [-0.3, -0.25) is 4.79 Å². The molecule has 0 spiro atoms. The van der Waals surface area contributed by atoms with Gasteiger partial charge in [-0.15, -0.1) is 0 Å². The molecule has 22 heavy (non-hydrogen) atoms. The third-order valence-corrected chi connectivity index (χ3v) is 3.94. The number of carbonyl (C=O) groups is 2. The van der Waals surface area contributed by atoms with E-state index in [-0.39, 0.29) is 30.1 Å². The summed E-state index contributed by atoms with van der Waals surface area (Å²) >= 11 is 0. The summed E-state index contributed by atoms with van der Waals surface area (Å²) in [6.07, 6.45) is 2.02. The van der Waals surface area contributed by atoms with Crippen LogP contribution in [0.25, 0.3) is 0 Å². The van der Waals surface area contributed by atoms with E-state index >= 15 is 0 Å². The van der Waals surface area contributed by atoms with Gasteiger partial charge in [-0.25, -0.2) is 4.79 Å². The predicted octanol–water partition coefficient (Wildman–Crippen LogP) is 2.52. The van der Waals surface area contributed by atoms with Gasteiger partial charge in [0.15, 0.2) is 0 Å². The molecule has 0 aromatic heterocycles. The first kappa shape index (κ1) is 16.5. The fourth-order valence-corrected chi connectivity index (χ4v) is 2.70. The zero-order valence-corrected chi connectivity index (χ0v) is 13.1. The van der Waals surface area contributed by atoms with E-state index in [2.05, 4.69) is 0 Å². The van der Waals surface area contributed by atoms with E-state index in [0.29, 0.717) is 6.54 Å². The van der Waals surface area contributed by atoms with Crippen LogP contribution in [0, 0.1) is 0 Å². The summed E-state index contributed by atoms with van der Waals surface area (Å²) in [5, 5.41) is 8.94. The molecule has 5 nitrogen and oxygen atoms in total. The lowest BCUT2D eigenvalue weighted by Gasteiger charge is -2.33. The Morgan fingerprint density at radius 1 is 1.32 bits per heavy atom. The van der Waals surface area contributed by atoms with Gasteiger partial charge in [-0.2, -0.15) is 0 Å². The van der Waals surface area contributed by atoms with Crippen LogP contribution >= 0.6 is 0 Å². The highest BCUT2D eigenvalue weighted by Crippen LogP contribution is 2.27. The second kappa shape index (κ2) is 7.40. The molecule has 0 aliphatic carbocycles. The lowest BCUT2D eigenvalue weighted by molar-refractivity contribution is -0.138. The number of benzene rings is 1. The minimum absolute atomic E-state index is 0.0283. The maximum atomic E-state index is 12.1. The Bertz CT molecular complexity index is 524. The summed E-state index contributed by atoms with van der Waals surface area (Å²) in [6.45, 7) is 5.39. The molecule has 1 amide bonds. The molecule has 1 N–H and O–H groups in total. The fraction of sp³-hybridized carbons (Fsp3) is 0.529. The summed E-state index contributed by atoms with van der Waals surface area (Å²) < 4.78 is 5.38. The molecule has 1 aliphatic rings. The fourth-order valence-electron chi connectivity index (χ4n) is 2.70. The summed E-state index contributed by atoms with van der Waals surface area (Å²) in [7, 11) is 0. The standard InChI is InChI=1S/C17H23NO4/c1-12(2)22-11-16(19)18-9-3-4-15(10-18)13-5-7-14(8-6-13)17(20)21/h5-8,12,15H,3-4,9-11H2,1-2H3,(H,20,21)/t15-/m1/s1. The van der Waals surface area contributed by atoms with Crippen molar-refractivity contribution in [1.29, 1.82) is 0 Å². The van der Waals surface area contributed by atoms with Crippen LogP contribution in [0.5, 0.6) is 0 Å². The van der Waals surface area contributed by atoms with Crippen molar-refractivity contribution in [2.75, 3.05) is 19.7 Å². The number of carboxylic acid groups (broad SMARTS) is 1. The van der Waals surface area contributed by atoms with E-state index in [0.717, 1.165) is 24.9 Å². The number of hydrogen-bond acceptors (Lipinski definition) is 3. The van der Waals surface area contributed by atoms with E-state index in [1.54, 1.807) is 12.1 Å². The zero-order chi connectivity index (χ0) is 16.1. The Morgan fingerprint density at radius 3 is 2.59 bits per heavy atom. The smallest absolute Gasteiger partial charge is 0.335 e. The number of amides is 1. The largest absolute Gasteiger partial charge is 0.478 e. The number of ether oxygens (including phenoxy) is 1. The van der Waals surface area contributed by atoms with Crippen LogP contribution in [0.3, 0.4) is 0 Å². The average molecular weight is 305 g/mol. The van der Waals surface area contributed by atoms with E-state index in [9.17, 15) is 9.59 Å². The maximum Gasteiger partial charge on any atom is 0.335 e. The third kappa shape index (κ3) is 4.31. The summed E-state index contributed by atoms with van der Waals surface area (Å²) in [5.74, 6) is -0.627. The molecule has 1 fully saturated rings. The van der Waals surface area contributed by atoms with Crippen LogP contribution in [0.2, 0.25) is 0 Å². The first-order chi connectivity index (χ1) is 10.5. The number of piperidine rings is 1. The van der Waals surface area contributed by atoms with Gasteiger partial charge < -0.3 is 14.7 Å². The molecule has 0 saturated carbocycles. The topological polar surface area (TPSA) is 66.8 Å². The van der Waals surface area contributed by atoms with Gasteiger partial charge in [0.2, 0.25) is 5.91 Å². The Labute approximate surface area is 130 Å². The number of carboxylic acids is 1. The molecule has 1 atom stereocenters. The number of carbonyl (C=O) groups excluding carboxylic acids is 1. The normalized spacial score (nSPS) is 18.5. The van der Waals surface area contributed by atoms with Crippen molar-refractivity contribution < 1.29 is 19.4 Å². The molecule has 1 heterocycles. The number of aromatic carboxylic acids is 1. The summed E-state index contributed by atoms with van der Waals surface area (Å²) in [4.78, 5) is 24.9. The van der Waals surface area contributed by atoms with Gasteiger partial charge in [0.25, 0.3) is 0 Å². The van der Waals surface area contributed by atoms with Crippen molar-refractivity contribution in [2.45, 2.75) is 38.7 Å². The minimum Gasteiger partial charge on any atom is -0.478 e. The van der Waals surface area contributed by atoms with Crippen molar-refractivity contribution in [1.82, 2.24) is 4.90 Å². The number of likely N-dealkylation sites (tertiary alicyclic amines) is 1. The molecule has 1 aliphatic heterocycles. The van der Waals surface area contributed by atoms with E-state index in [4.69, 9.17) is 9.84 Å². The second-order valence-electron chi connectivity index (χ2n) is 5.97. The van der Waals surface area contributed by atoms with Gasteiger partial charge in [-0.05, 0) is 44.4 Å². The highest BCUT2D eigenvalue weighted by Gasteiger charge is 2.25. The van der Waals surface area contributed by atoms with Crippen LogP contribution < -0.4 is 0 Å². The maximum absolute atomic E-state index is 12.1. The third-order valence-electron chi connectivity index (χ3n) is 3.94. The summed E-state index contributed by atoms with van der Waals surface area (Å²) in [6, 6.07) is 6.96. The van der Waals surface area contributed by atoms with Gasteiger partial charge in [-0.1, -0.05) is 12.1 Å². The van der Waals surface area contributed by atoms with Crippen molar-refractivity contribution in [3.63, 3.8) is 0 Å². The van der Waals surface area contributed by atoms with Crippen LogP contribution in [-0.2, 0) is 9.53 Å². The Hall–Kier alpha value is -1.88. The molecular weight excluding hydrogens is 282 g/mol. The van der Waals surface area contributed by atoms with Crippen molar-refractivity contribution >= 4 is 11.9 Å². The van der Waals surface area contributed by atoms with Gasteiger partial charge in [0.05, 0.1) is 11.7 Å². The SMILES string of the molecule is CC(C)OCC(=O)N1CCC[C@@H](c2ccc(C(=O)O)cc2)C1. The zero-order valence-electron chi connectivity index (χ0n) is 13.1. The van der Waals surface area contributed by atoms with Crippen molar-refractivity contribution in [3.8, 4) is 0 Å². The highest BCUT2D eigenvalue weighted by atomic mass is 16.5. The van der Waals surface area contributed by atoms with E-state index in [1.807, 2.05) is 30.9 Å². The van der Waals surface area contributed by atoms with Gasteiger partial charge in [0.1, 0.15) is 6.61 Å². The monoisotopic (exact) mass is 305 g/mol. The van der Waals surface area contributed by atoms with Gasteiger partial charge >= 0.3 is 5.97 Å². The molecule has 0 radical (unpaired) electrons. The molecule has 0 bridgehead atoms. The second-order valence-corrected chi connectivity index (χ2v) is 5.97. The van der Waals surface area contributed by atoms with Crippen molar-refractivity contribution in [2.24, 2.45) is 0 Å². The number of hydrogen-bond donors (Lipinski definition) is 1. The molecule has 1 aromatic rings. The molecule has 2 rings (SSSR count). The van der Waals surface area contributed by atoms with Crippen LogP contribution in [0.1, 0.15) is 48.5 Å². The van der Waals surface area contributed by atoms with E-state index in [1.165, 1.54) is 0 Å². The highest BCUT2D eigenvalue weighted by molar-refractivity contribution is 5.87. The number of nitrogens with zero attached hydrogens (tertiary/aromatic N) is 1. The molecule has 5 heteroatoms. The first-order valence-electron chi connectivity index (χ1n) is 7.70. The first-order valence-corrected chi connectivity index (χ1v) is 7.70. The number of rotatable bonds is 5. The van der Waals surface area contributed by atoms with Gasteiger partial charge in [0, 0.05) is 19.0 Å². The molecule has 1 aromatic carbocycles. The van der Waals surface area contributed by atoms with Crippen LogP contribution in [0.4, 0.5) is 0 Å². The van der Waals surface area contributed by atoms with Crippen LogP contribution in [-0.4, -0.2) is 47.7 Å². The quantitative estimate of drug-likeness (QED) is 0.907. The predicted molar refractivity (Wildman–Crippen MR) is 83.0 cm³/mol. The average Bonchev–Trinajstić information content (AvgIpc) is 2.52. The lowest BCUT2D eigenvalue weighted by atomic mass is 9.90. The molecule has 1 saturated heterocycles. The molecule has 0 unspecified atom stereocenters. The molecular formula is C17H23NO4.